The minimum absolute atomic E-state index is 0.0103. The number of hydrogen-bond donors (Lipinski definition) is 1. The van der Waals surface area contributed by atoms with Crippen LogP contribution in [0.2, 0.25) is 0 Å². The highest BCUT2D eigenvalue weighted by Crippen LogP contribution is 2.55. The Bertz CT molecular complexity index is 853. The first-order chi connectivity index (χ1) is 14.2. The van der Waals surface area contributed by atoms with Crippen LogP contribution in [0.3, 0.4) is 0 Å². The maximum Gasteiger partial charge on any atom is 0.417 e. The van der Waals surface area contributed by atoms with Gasteiger partial charge in [-0.15, -0.1) is 0 Å². The number of carbonyl (C=O) groups excluding carboxylic acids is 1. The second-order valence-electron chi connectivity index (χ2n) is 9.64. The molecule has 5 nitrogen and oxygen atoms in total. The Morgan fingerprint density at radius 2 is 1.97 bits per heavy atom. The van der Waals surface area contributed by atoms with Crippen LogP contribution in [0, 0.1) is 11.3 Å². The summed E-state index contributed by atoms with van der Waals surface area (Å²) in [5.74, 6) is 0.269. The first kappa shape index (κ1) is 20.2. The van der Waals surface area contributed by atoms with Crippen LogP contribution in [0.4, 0.5) is 13.2 Å². The molecule has 1 aliphatic carbocycles. The number of piperidine rings is 1. The van der Waals surface area contributed by atoms with Crippen LogP contribution in [0.5, 0.6) is 0 Å². The van der Waals surface area contributed by atoms with Crippen molar-refractivity contribution in [2.45, 2.75) is 76.4 Å². The molecule has 8 heteroatoms. The van der Waals surface area contributed by atoms with E-state index in [0.717, 1.165) is 57.5 Å². The molecule has 1 aromatic heterocycles. The maximum absolute atomic E-state index is 13.6. The summed E-state index contributed by atoms with van der Waals surface area (Å²) in [4.78, 5) is 21.9. The number of aromatic nitrogens is 1. The molecule has 3 unspecified atom stereocenters. The number of rotatable bonds is 1. The molecule has 1 saturated carbocycles. The summed E-state index contributed by atoms with van der Waals surface area (Å²) in [6.45, 7) is 4.10. The van der Waals surface area contributed by atoms with Crippen LogP contribution in [0.15, 0.2) is 12.3 Å². The number of likely N-dealkylation sites (tertiary alicyclic amines) is 1. The number of fused-ring (bicyclic) bond motifs is 2. The molecular weight excluding hydrogens is 395 g/mol. The lowest BCUT2D eigenvalue weighted by Gasteiger charge is -2.35. The van der Waals surface area contributed by atoms with Gasteiger partial charge in [0.2, 0.25) is 5.91 Å². The molecule has 3 fully saturated rings. The van der Waals surface area contributed by atoms with E-state index < -0.39 is 17.2 Å². The topological polar surface area (TPSA) is 56.7 Å². The number of amides is 1. The summed E-state index contributed by atoms with van der Waals surface area (Å²) in [5, 5.41) is 9.79. The summed E-state index contributed by atoms with van der Waals surface area (Å²) >= 11 is 0. The fourth-order valence-electron chi connectivity index (χ4n) is 6.36. The number of carbonyl (C=O) groups is 1. The van der Waals surface area contributed by atoms with Crippen molar-refractivity contribution in [3.05, 3.63) is 29.1 Å². The second-order valence-corrected chi connectivity index (χ2v) is 9.64. The smallest absolute Gasteiger partial charge is 0.393 e. The van der Waals surface area contributed by atoms with Gasteiger partial charge in [-0.2, -0.15) is 13.2 Å². The molecule has 1 aromatic rings. The van der Waals surface area contributed by atoms with Crippen LogP contribution in [-0.2, 0) is 23.9 Å². The van der Waals surface area contributed by atoms with Crippen molar-refractivity contribution in [1.29, 1.82) is 0 Å². The molecule has 1 N–H and O–H groups in total. The van der Waals surface area contributed by atoms with E-state index in [2.05, 4.69) is 16.8 Å². The zero-order chi connectivity index (χ0) is 21.3. The average molecular weight is 423 g/mol. The van der Waals surface area contributed by atoms with Gasteiger partial charge < -0.3 is 14.9 Å². The summed E-state index contributed by atoms with van der Waals surface area (Å²) < 4.78 is 39.3. The van der Waals surface area contributed by atoms with Crippen molar-refractivity contribution in [2.75, 3.05) is 13.1 Å². The molecule has 30 heavy (non-hydrogen) atoms. The van der Waals surface area contributed by atoms with Crippen molar-refractivity contribution in [1.82, 2.24) is 14.8 Å². The molecule has 5 rings (SSSR count). The molecule has 0 radical (unpaired) electrons. The van der Waals surface area contributed by atoms with E-state index >= 15 is 0 Å². The van der Waals surface area contributed by atoms with Crippen molar-refractivity contribution in [3.8, 4) is 0 Å². The zero-order valence-corrected chi connectivity index (χ0v) is 17.2. The number of aliphatic hydroxyl groups excluding tert-OH is 1. The molecule has 1 spiro atoms. The molecule has 0 bridgehead atoms. The van der Waals surface area contributed by atoms with Gasteiger partial charge in [-0.1, -0.05) is 6.92 Å². The van der Waals surface area contributed by atoms with Crippen LogP contribution >= 0.6 is 0 Å². The normalized spacial score (nSPS) is 35.2. The third kappa shape index (κ3) is 3.06. The van der Waals surface area contributed by atoms with Crippen molar-refractivity contribution in [2.24, 2.45) is 11.3 Å². The minimum atomic E-state index is -4.43. The Hall–Kier alpha value is -1.67. The minimum Gasteiger partial charge on any atom is -0.393 e. The summed E-state index contributed by atoms with van der Waals surface area (Å²) in [7, 11) is 0. The molecule has 4 aliphatic rings. The Balaban J connectivity index is 1.37. The van der Waals surface area contributed by atoms with E-state index in [-0.39, 0.29) is 30.5 Å². The summed E-state index contributed by atoms with van der Waals surface area (Å²) in [6, 6.07) is 1.52. The molecule has 164 valence electrons. The van der Waals surface area contributed by atoms with Gasteiger partial charge in [0.25, 0.3) is 0 Å². The highest BCUT2D eigenvalue weighted by molar-refractivity contribution is 5.87. The summed E-state index contributed by atoms with van der Waals surface area (Å²) in [6.07, 6.45) is 0.985. The van der Waals surface area contributed by atoms with Crippen LogP contribution < -0.4 is 0 Å². The van der Waals surface area contributed by atoms with Crippen molar-refractivity contribution < 1.29 is 23.1 Å². The fourth-order valence-corrected chi connectivity index (χ4v) is 6.36. The highest BCUT2D eigenvalue weighted by Gasteiger charge is 2.61. The van der Waals surface area contributed by atoms with E-state index in [1.807, 2.05) is 4.90 Å². The van der Waals surface area contributed by atoms with Gasteiger partial charge in [0.15, 0.2) is 0 Å². The van der Waals surface area contributed by atoms with E-state index in [1.54, 1.807) is 0 Å². The number of pyridine rings is 1. The third-order valence-corrected chi connectivity index (χ3v) is 8.21. The van der Waals surface area contributed by atoms with Gasteiger partial charge >= 0.3 is 6.18 Å². The van der Waals surface area contributed by atoms with E-state index in [1.165, 1.54) is 0 Å². The van der Waals surface area contributed by atoms with Crippen LogP contribution in [-0.4, -0.2) is 57.1 Å². The predicted molar refractivity (Wildman–Crippen MR) is 103 cm³/mol. The predicted octanol–water partition coefficient (Wildman–Crippen LogP) is 3.00. The number of alkyl halides is 3. The van der Waals surface area contributed by atoms with Crippen molar-refractivity contribution in [3.63, 3.8) is 0 Å². The van der Waals surface area contributed by atoms with Crippen LogP contribution in [0.25, 0.3) is 0 Å². The number of nitrogens with zero attached hydrogens (tertiary/aromatic N) is 3. The van der Waals surface area contributed by atoms with Gasteiger partial charge in [0, 0.05) is 50.0 Å². The Labute approximate surface area is 174 Å². The highest BCUT2D eigenvalue weighted by atomic mass is 19.4. The second kappa shape index (κ2) is 6.92. The average Bonchev–Trinajstić information content (AvgIpc) is 3.24. The molecule has 4 heterocycles. The quantitative estimate of drug-likeness (QED) is 0.755. The molecule has 2 saturated heterocycles. The largest absolute Gasteiger partial charge is 0.417 e. The molecule has 1 amide bonds. The van der Waals surface area contributed by atoms with E-state index in [9.17, 15) is 23.1 Å². The third-order valence-electron chi connectivity index (χ3n) is 8.21. The van der Waals surface area contributed by atoms with E-state index in [4.69, 9.17) is 0 Å². The lowest BCUT2D eigenvalue weighted by atomic mass is 9.73. The molecule has 3 aliphatic heterocycles. The molecular formula is C22H28F3N3O2. The Morgan fingerprint density at radius 3 is 2.67 bits per heavy atom. The van der Waals surface area contributed by atoms with Crippen LogP contribution in [0.1, 0.15) is 55.8 Å². The maximum atomic E-state index is 13.6. The first-order valence-corrected chi connectivity index (χ1v) is 11.0. The van der Waals surface area contributed by atoms with Gasteiger partial charge in [0.05, 0.1) is 17.1 Å². The lowest BCUT2D eigenvalue weighted by molar-refractivity contribution is -0.138. The zero-order valence-electron chi connectivity index (χ0n) is 17.2. The van der Waals surface area contributed by atoms with Gasteiger partial charge in [0.1, 0.15) is 0 Å². The fraction of sp³-hybridized carbons (Fsp3) is 0.727. The molecule has 4 atom stereocenters. The number of hydrogen-bond acceptors (Lipinski definition) is 4. The Morgan fingerprint density at radius 1 is 1.23 bits per heavy atom. The monoisotopic (exact) mass is 423 g/mol. The SMILES string of the molecule is CC1C2Cc3ncc(C(F)(F)F)cc3CN2C(=O)[C@]12CCC(N1CCC(O)CC1)C2. The Kier molecular flexibility index (Phi) is 4.67. The van der Waals surface area contributed by atoms with E-state index in [0.29, 0.717) is 23.7 Å². The number of halogens is 3. The van der Waals surface area contributed by atoms with Gasteiger partial charge in [-0.05, 0) is 49.7 Å². The number of aliphatic hydroxyl groups is 1. The van der Waals surface area contributed by atoms with Gasteiger partial charge in [-0.3, -0.25) is 9.78 Å². The lowest BCUT2D eigenvalue weighted by Crippen LogP contribution is -2.43. The first-order valence-electron chi connectivity index (χ1n) is 11.0. The molecule has 0 aromatic carbocycles. The van der Waals surface area contributed by atoms with Crippen molar-refractivity contribution >= 4 is 5.91 Å². The van der Waals surface area contributed by atoms with Gasteiger partial charge in [-0.25, -0.2) is 0 Å². The summed E-state index contributed by atoms with van der Waals surface area (Å²) in [5.41, 5.74) is 0.0568. The standard InChI is InChI=1S/C22H28F3N3O2/c1-13-19-9-18-14(8-15(11-26-18)22(23,24)25)12-28(19)20(30)21(13)5-2-16(10-21)27-6-3-17(29)4-7-27/h8,11,13,16-17,19,29H,2-7,9-10,12H2,1H3/t13?,16?,19?,21-/m0/s1.